The lowest BCUT2D eigenvalue weighted by Crippen LogP contribution is -2.21. The molecule has 27 heavy (non-hydrogen) atoms. The van der Waals surface area contributed by atoms with E-state index in [2.05, 4.69) is 5.32 Å². The molecule has 0 aliphatic carbocycles. The maximum Gasteiger partial charge on any atom is 0.342 e. The van der Waals surface area contributed by atoms with Crippen molar-refractivity contribution in [2.75, 3.05) is 19.0 Å². The van der Waals surface area contributed by atoms with E-state index in [4.69, 9.17) is 14.6 Å². The number of primary sulfonamides is 1. The molecule has 0 saturated heterocycles. The van der Waals surface area contributed by atoms with Crippen LogP contribution >= 0.6 is 0 Å². The standard InChI is InChI=1S/C17H18N2O7S/c1-10-3-4-11(7-15(10)27(18,23)24)19-16(21)9-26-17(22)13-6-5-12(25-2)8-14(13)20/h3-8,20H,9H2,1-2H3,(H,19,21)(H2,18,23,24). The first-order chi connectivity index (χ1) is 12.6. The summed E-state index contributed by atoms with van der Waals surface area (Å²) in [5, 5.41) is 17.3. The molecule has 0 radical (unpaired) electrons. The molecule has 0 heterocycles. The number of anilines is 1. The second kappa shape index (κ2) is 8.06. The van der Waals surface area contributed by atoms with Gasteiger partial charge in [-0.2, -0.15) is 0 Å². The topological polar surface area (TPSA) is 145 Å². The van der Waals surface area contributed by atoms with E-state index >= 15 is 0 Å². The van der Waals surface area contributed by atoms with Crippen LogP contribution in [-0.2, 0) is 19.6 Å². The van der Waals surface area contributed by atoms with Gasteiger partial charge in [0.1, 0.15) is 17.1 Å². The number of hydrogen-bond acceptors (Lipinski definition) is 7. The summed E-state index contributed by atoms with van der Waals surface area (Å²) in [6.45, 7) is 0.928. The van der Waals surface area contributed by atoms with Crippen molar-refractivity contribution < 1.29 is 32.6 Å². The molecule has 0 fully saturated rings. The van der Waals surface area contributed by atoms with Gasteiger partial charge in [0.05, 0.1) is 12.0 Å². The first-order valence-corrected chi connectivity index (χ1v) is 9.14. The van der Waals surface area contributed by atoms with Gasteiger partial charge in [0, 0.05) is 11.8 Å². The molecule has 0 aliphatic rings. The van der Waals surface area contributed by atoms with Crippen molar-refractivity contribution in [2.45, 2.75) is 11.8 Å². The maximum atomic E-state index is 12.0. The Morgan fingerprint density at radius 3 is 2.48 bits per heavy atom. The maximum absolute atomic E-state index is 12.0. The highest BCUT2D eigenvalue weighted by atomic mass is 32.2. The molecule has 0 saturated carbocycles. The number of phenolic OH excluding ortho intramolecular Hbond substituents is 1. The van der Waals surface area contributed by atoms with E-state index in [-0.39, 0.29) is 21.9 Å². The van der Waals surface area contributed by atoms with Crippen LogP contribution in [0, 0.1) is 6.92 Å². The Hall–Kier alpha value is -3.11. The van der Waals surface area contributed by atoms with Crippen LogP contribution in [0.1, 0.15) is 15.9 Å². The number of phenols is 1. The van der Waals surface area contributed by atoms with Crippen LogP contribution in [0.25, 0.3) is 0 Å². The summed E-state index contributed by atoms with van der Waals surface area (Å²) >= 11 is 0. The van der Waals surface area contributed by atoms with Crippen molar-refractivity contribution in [1.82, 2.24) is 0 Å². The molecule has 0 spiro atoms. The molecule has 0 bridgehead atoms. The zero-order chi connectivity index (χ0) is 20.2. The Labute approximate surface area is 155 Å². The minimum Gasteiger partial charge on any atom is -0.507 e. The molecule has 1 amide bonds. The number of esters is 1. The molecule has 0 aromatic heterocycles. The van der Waals surface area contributed by atoms with Gasteiger partial charge in [-0.1, -0.05) is 6.07 Å². The normalized spacial score (nSPS) is 10.9. The van der Waals surface area contributed by atoms with Crippen LogP contribution < -0.4 is 15.2 Å². The Kier molecular flexibility index (Phi) is 6.03. The summed E-state index contributed by atoms with van der Waals surface area (Å²) in [7, 11) is -2.53. The summed E-state index contributed by atoms with van der Waals surface area (Å²) in [6.07, 6.45) is 0. The molecular weight excluding hydrogens is 376 g/mol. The summed E-state index contributed by atoms with van der Waals surface area (Å²) in [4.78, 5) is 23.8. The second-order valence-electron chi connectivity index (χ2n) is 5.53. The van der Waals surface area contributed by atoms with E-state index < -0.39 is 28.5 Å². The fourth-order valence-corrected chi connectivity index (χ4v) is 3.01. The van der Waals surface area contributed by atoms with Gasteiger partial charge >= 0.3 is 5.97 Å². The van der Waals surface area contributed by atoms with Crippen LogP contribution in [0.4, 0.5) is 5.69 Å². The van der Waals surface area contributed by atoms with Crippen molar-refractivity contribution in [3.8, 4) is 11.5 Å². The molecule has 10 heteroatoms. The second-order valence-corrected chi connectivity index (χ2v) is 7.06. The average Bonchev–Trinajstić information content (AvgIpc) is 2.60. The van der Waals surface area contributed by atoms with Gasteiger partial charge in [-0.25, -0.2) is 18.4 Å². The monoisotopic (exact) mass is 394 g/mol. The van der Waals surface area contributed by atoms with Crippen LogP contribution in [0.3, 0.4) is 0 Å². The summed E-state index contributed by atoms with van der Waals surface area (Å²) in [5.74, 6) is -1.59. The van der Waals surface area contributed by atoms with Crippen LogP contribution in [0.5, 0.6) is 11.5 Å². The first-order valence-electron chi connectivity index (χ1n) is 7.59. The quantitative estimate of drug-likeness (QED) is 0.623. The third-order valence-electron chi connectivity index (χ3n) is 3.54. The van der Waals surface area contributed by atoms with Gasteiger partial charge in [-0.05, 0) is 36.8 Å². The lowest BCUT2D eigenvalue weighted by Gasteiger charge is -2.10. The van der Waals surface area contributed by atoms with E-state index in [1.165, 1.54) is 43.5 Å². The number of carbonyl (C=O) groups excluding carboxylic acids is 2. The van der Waals surface area contributed by atoms with E-state index in [1.807, 2.05) is 0 Å². The smallest absolute Gasteiger partial charge is 0.342 e. The van der Waals surface area contributed by atoms with Crippen molar-refractivity contribution in [2.24, 2.45) is 5.14 Å². The third kappa shape index (κ3) is 5.19. The van der Waals surface area contributed by atoms with E-state index in [0.29, 0.717) is 11.3 Å². The van der Waals surface area contributed by atoms with E-state index in [1.54, 1.807) is 6.92 Å². The van der Waals surface area contributed by atoms with Gasteiger partial charge in [-0.3, -0.25) is 4.79 Å². The Balaban J connectivity index is 2.02. The number of methoxy groups -OCH3 is 1. The number of rotatable bonds is 6. The number of ether oxygens (including phenoxy) is 2. The SMILES string of the molecule is COc1ccc(C(=O)OCC(=O)Nc2ccc(C)c(S(N)(=O)=O)c2)c(O)c1. The van der Waals surface area contributed by atoms with Crippen molar-refractivity contribution in [1.29, 1.82) is 0 Å². The van der Waals surface area contributed by atoms with Crippen LogP contribution in [0.2, 0.25) is 0 Å². The number of amides is 1. The zero-order valence-electron chi connectivity index (χ0n) is 14.6. The fourth-order valence-electron chi connectivity index (χ4n) is 2.20. The molecule has 9 nitrogen and oxygen atoms in total. The number of aryl methyl sites for hydroxylation is 1. The Morgan fingerprint density at radius 1 is 1.19 bits per heavy atom. The van der Waals surface area contributed by atoms with Crippen LogP contribution in [-0.4, -0.2) is 39.1 Å². The Morgan fingerprint density at radius 2 is 1.89 bits per heavy atom. The largest absolute Gasteiger partial charge is 0.507 e. The van der Waals surface area contributed by atoms with Gasteiger partial charge in [0.25, 0.3) is 5.91 Å². The van der Waals surface area contributed by atoms with Crippen molar-refractivity contribution in [3.63, 3.8) is 0 Å². The highest BCUT2D eigenvalue weighted by Crippen LogP contribution is 2.24. The fraction of sp³-hybridized carbons (Fsp3) is 0.176. The number of nitrogens with one attached hydrogen (secondary N) is 1. The summed E-state index contributed by atoms with van der Waals surface area (Å²) < 4.78 is 32.8. The van der Waals surface area contributed by atoms with Crippen LogP contribution in [0.15, 0.2) is 41.3 Å². The first kappa shape index (κ1) is 20.2. The predicted molar refractivity (Wildman–Crippen MR) is 96.1 cm³/mol. The minimum absolute atomic E-state index is 0.125. The molecule has 2 rings (SSSR count). The minimum atomic E-state index is -3.94. The molecule has 4 N–H and O–H groups in total. The Bertz CT molecular complexity index is 987. The molecule has 0 atom stereocenters. The van der Waals surface area contributed by atoms with Gasteiger partial charge in [-0.15, -0.1) is 0 Å². The number of benzene rings is 2. The molecule has 0 unspecified atom stereocenters. The number of aromatic hydroxyl groups is 1. The molecular formula is C17H18N2O7S. The molecule has 144 valence electrons. The lowest BCUT2D eigenvalue weighted by atomic mass is 10.2. The van der Waals surface area contributed by atoms with Crippen molar-refractivity contribution >= 4 is 27.6 Å². The summed E-state index contributed by atoms with van der Waals surface area (Å²) in [5.41, 5.74) is 0.477. The van der Waals surface area contributed by atoms with Crippen molar-refractivity contribution in [3.05, 3.63) is 47.5 Å². The molecule has 0 aliphatic heterocycles. The zero-order valence-corrected chi connectivity index (χ0v) is 15.4. The number of hydrogen-bond donors (Lipinski definition) is 3. The van der Waals surface area contributed by atoms with E-state index in [9.17, 15) is 23.1 Å². The predicted octanol–water partition coefficient (Wildman–Crippen LogP) is 1.15. The number of sulfonamides is 1. The third-order valence-corrected chi connectivity index (χ3v) is 4.59. The van der Waals surface area contributed by atoms with Gasteiger partial charge < -0.3 is 19.9 Å². The molecule has 2 aromatic rings. The van der Waals surface area contributed by atoms with Gasteiger partial charge in [0.15, 0.2) is 6.61 Å². The highest BCUT2D eigenvalue weighted by molar-refractivity contribution is 7.89. The average molecular weight is 394 g/mol. The van der Waals surface area contributed by atoms with Gasteiger partial charge in [0.2, 0.25) is 10.0 Å². The summed E-state index contributed by atoms with van der Waals surface area (Å²) in [6, 6.07) is 8.16. The van der Waals surface area contributed by atoms with E-state index in [0.717, 1.165) is 0 Å². The lowest BCUT2D eigenvalue weighted by molar-refractivity contribution is -0.119. The highest BCUT2D eigenvalue weighted by Gasteiger charge is 2.16. The number of nitrogens with two attached hydrogens (primary N) is 1. The molecule has 2 aromatic carbocycles. The number of carbonyl (C=O) groups is 2.